The standard InChI is InChI=1S/C18H22N2S.C7H5NO3S/c1-14-7-8-17(15(2)13-14)21-18-6-4-3-5-16(18)20-11-9-19-10-12-20;9-7-5-3-1-2-4-6(5)12(10,11)8-7/h3-8,13,19H,9-12H2,1-2H3;1-4H,(H,8,9). The van der Waals surface area contributed by atoms with Crippen LogP contribution < -0.4 is 15.3 Å². The van der Waals surface area contributed by atoms with Crippen LogP contribution in [-0.2, 0) is 10.0 Å². The van der Waals surface area contributed by atoms with Gasteiger partial charge in [-0.15, -0.1) is 0 Å². The van der Waals surface area contributed by atoms with Gasteiger partial charge >= 0.3 is 0 Å². The lowest BCUT2D eigenvalue weighted by Crippen LogP contribution is -2.89. The van der Waals surface area contributed by atoms with E-state index < -0.39 is 15.9 Å². The minimum atomic E-state index is -3.68. The maximum absolute atomic E-state index is 11.1. The van der Waals surface area contributed by atoms with Crippen molar-refractivity contribution < 1.29 is 18.8 Å². The Hall–Kier alpha value is -2.81. The summed E-state index contributed by atoms with van der Waals surface area (Å²) in [5.41, 5.74) is 4.24. The van der Waals surface area contributed by atoms with E-state index >= 15 is 0 Å². The zero-order valence-corrected chi connectivity index (χ0v) is 20.3. The van der Waals surface area contributed by atoms with Gasteiger partial charge in [0.05, 0.1) is 36.8 Å². The van der Waals surface area contributed by atoms with Gasteiger partial charge in [0, 0.05) is 21.3 Å². The average Bonchev–Trinajstić information content (AvgIpc) is 3.05. The van der Waals surface area contributed by atoms with E-state index in [2.05, 4.69) is 70.9 Å². The van der Waals surface area contributed by atoms with Gasteiger partial charge in [0.1, 0.15) is 0 Å². The van der Waals surface area contributed by atoms with Crippen molar-refractivity contribution in [3.8, 4) is 0 Å². The molecule has 8 heteroatoms. The van der Waals surface area contributed by atoms with Crippen LogP contribution in [0.2, 0.25) is 0 Å². The fourth-order valence-corrected chi connectivity index (χ4v) is 6.04. The first-order valence-corrected chi connectivity index (χ1v) is 13.1. The minimum Gasteiger partial charge on any atom is -0.858 e. The van der Waals surface area contributed by atoms with Crippen LogP contribution in [0.5, 0.6) is 0 Å². The van der Waals surface area contributed by atoms with E-state index in [9.17, 15) is 13.5 Å². The molecule has 0 aliphatic carbocycles. The normalized spacial score (nSPS) is 16.4. The SMILES string of the molecule is Cc1ccc(Sc2ccccc2N2CC[NH2+]CC2)c(C)c1.O=S1(=O)N=C([O-])c2ccccc21. The van der Waals surface area contributed by atoms with E-state index in [1.165, 1.54) is 51.8 Å². The second-order valence-corrected chi connectivity index (χ2v) is 10.7. The number of nitrogens with zero attached hydrogens (tertiary/aromatic N) is 2. The van der Waals surface area contributed by atoms with Crippen molar-refractivity contribution in [3.05, 3.63) is 83.4 Å². The number of benzene rings is 3. The highest BCUT2D eigenvalue weighted by Gasteiger charge is 2.22. The maximum Gasteiger partial charge on any atom is 0.282 e. The topological polar surface area (TPSA) is 89.4 Å². The molecule has 0 radical (unpaired) electrons. The summed E-state index contributed by atoms with van der Waals surface area (Å²) in [5, 5.41) is 13.3. The molecule has 5 rings (SSSR count). The summed E-state index contributed by atoms with van der Waals surface area (Å²) in [4.78, 5) is 5.25. The third-order valence-electron chi connectivity index (χ3n) is 5.56. The van der Waals surface area contributed by atoms with Crippen LogP contribution in [0.1, 0.15) is 16.7 Å². The molecule has 0 aromatic heterocycles. The van der Waals surface area contributed by atoms with E-state index in [1.54, 1.807) is 12.1 Å². The molecule has 2 N–H and O–H groups in total. The summed E-state index contributed by atoms with van der Waals surface area (Å²) in [6.07, 6.45) is 0. The van der Waals surface area contributed by atoms with E-state index in [4.69, 9.17) is 0 Å². The summed E-state index contributed by atoms with van der Waals surface area (Å²) in [5.74, 6) is -0.675. The second-order valence-electron chi connectivity index (χ2n) is 8.06. The monoisotopic (exact) mass is 481 g/mol. The third-order valence-corrected chi connectivity index (χ3v) is 8.12. The number of quaternary nitrogens is 1. The lowest BCUT2D eigenvalue weighted by Gasteiger charge is -2.29. The van der Waals surface area contributed by atoms with Crippen molar-refractivity contribution in [2.75, 3.05) is 31.1 Å². The van der Waals surface area contributed by atoms with Crippen LogP contribution in [0.15, 0.2) is 85.8 Å². The Kier molecular flexibility index (Phi) is 7.07. The molecule has 172 valence electrons. The number of para-hydroxylation sites is 1. The van der Waals surface area contributed by atoms with Crippen LogP contribution in [0.25, 0.3) is 0 Å². The van der Waals surface area contributed by atoms with Gasteiger partial charge in [0.25, 0.3) is 10.0 Å². The van der Waals surface area contributed by atoms with E-state index in [1.807, 2.05) is 11.8 Å². The largest absolute Gasteiger partial charge is 0.858 e. The Morgan fingerprint density at radius 3 is 2.36 bits per heavy atom. The van der Waals surface area contributed by atoms with Gasteiger partial charge in [0.2, 0.25) is 0 Å². The predicted molar refractivity (Wildman–Crippen MR) is 131 cm³/mol. The highest BCUT2D eigenvalue weighted by atomic mass is 32.2. The number of hydrogen-bond acceptors (Lipinski definition) is 5. The summed E-state index contributed by atoms with van der Waals surface area (Å²) in [7, 11) is -3.68. The molecule has 2 heterocycles. The molecule has 0 unspecified atom stereocenters. The molecule has 0 atom stereocenters. The molecule has 0 spiro atoms. The van der Waals surface area contributed by atoms with Crippen molar-refractivity contribution in [2.45, 2.75) is 28.5 Å². The fraction of sp³-hybridized carbons (Fsp3) is 0.240. The zero-order chi connectivity index (χ0) is 23.4. The zero-order valence-electron chi connectivity index (χ0n) is 18.7. The van der Waals surface area contributed by atoms with Gasteiger partial charge in [-0.1, -0.05) is 59.8 Å². The minimum absolute atomic E-state index is 0.00926. The van der Waals surface area contributed by atoms with Crippen molar-refractivity contribution in [2.24, 2.45) is 4.40 Å². The highest BCUT2D eigenvalue weighted by Crippen LogP contribution is 2.37. The van der Waals surface area contributed by atoms with Crippen LogP contribution >= 0.6 is 11.8 Å². The molecule has 0 amide bonds. The number of hydrogen-bond donors (Lipinski definition) is 1. The summed E-state index contributed by atoms with van der Waals surface area (Å²) in [6.45, 7) is 9.04. The Morgan fingerprint density at radius 1 is 0.939 bits per heavy atom. The maximum atomic E-state index is 11.1. The lowest BCUT2D eigenvalue weighted by atomic mass is 10.2. The molecule has 0 saturated carbocycles. The van der Waals surface area contributed by atoms with Gasteiger partial charge < -0.3 is 15.3 Å². The molecule has 3 aromatic rings. The smallest absolute Gasteiger partial charge is 0.282 e. The predicted octanol–water partition coefficient (Wildman–Crippen LogP) is 2.33. The van der Waals surface area contributed by atoms with E-state index in [-0.39, 0.29) is 10.5 Å². The first-order valence-electron chi connectivity index (χ1n) is 10.9. The fourth-order valence-electron chi connectivity index (χ4n) is 3.90. The Bertz CT molecular complexity index is 1280. The number of sulfonamides is 1. The first kappa shape index (κ1) is 23.4. The molecule has 0 bridgehead atoms. The first-order chi connectivity index (χ1) is 15.8. The van der Waals surface area contributed by atoms with E-state index in [0.717, 1.165) is 13.1 Å². The Balaban J connectivity index is 0.000000183. The molecule has 2 aliphatic rings. The second kappa shape index (κ2) is 9.99. The highest BCUT2D eigenvalue weighted by molar-refractivity contribution is 7.99. The molecular weight excluding hydrogens is 454 g/mol. The quantitative estimate of drug-likeness (QED) is 0.620. The van der Waals surface area contributed by atoms with Crippen LogP contribution in [0.3, 0.4) is 0 Å². The van der Waals surface area contributed by atoms with Gasteiger partial charge in [0.15, 0.2) is 0 Å². The Morgan fingerprint density at radius 2 is 1.64 bits per heavy atom. The van der Waals surface area contributed by atoms with Crippen molar-refractivity contribution in [3.63, 3.8) is 0 Å². The molecule has 1 fully saturated rings. The van der Waals surface area contributed by atoms with Crippen molar-refractivity contribution >= 4 is 33.4 Å². The number of rotatable bonds is 3. The molecule has 6 nitrogen and oxygen atoms in total. The number of fused-ring (bicyclic) bond motifs is 1. The molecule has 33 heavy (non-hydrogen) atoms. The average molecular weight is 482 g/mol. The van der Waals surface area contributed by atoms with Crippen molar-refractivity contribution in [1.29, 1.82) is 0 Å². The van der Waals surface area contributed by atoms with Crippen LogP contribution in [-0.4, -0.2) is 40.5 Å². The number of anilines is 1. The van der Waals surface area contributed by atoms with Gasteiger partial charge in [-0.2, -0.15) is 12.8 Å². The molecule has 1 saturated heterocycles. The number of nitrogens with two attached hydrogens (primary N) is 1. The molecular formula is C25H27N3O3S2. The number of aryl methyl sites for hydroxylation is 2. The Labute approximate surface area is 199 Å². The molecule has 2 aliphatic heterocycles. The van der Waals surface area contributed by atoms with E-state index in [0.29, 0.717) is 0 Å². The number of piperazine rings is 1. The van der Waals surface area contributed by atoms with Gasteiger partial charge in [-0.25, -0.2) is 0 Å². The summed E-state index contributed by atoms with van der Waals surface area (Å²) in [6, 6.07) is 21.5. The van der Waals surface area contributed by atoms with Crippen molar-refractivity contribution in [1.82, 2.24) is 0 Å². The third kappa shape index (κ3) is 5.40. The van der Waals surface area contributed by atoms with Crippen LogP contribution in [0.4, 0.5) is 5.69 Å². The summed E-state index contributed by atoms with van der Waals surface area (Å²) >= 11 is 1.89. The lowest BCUT2D eigenvalue weighted by molar-refractivity contribution is -0.655. The van der Waals surface area contributed by atoms with Gasteiger partial charge in [-0.05, 0) is 43.7 Å². The molecule has 3 aromatic carbocycles. The summed E-state index contributed by atoms with van der Waals surface area (Å²) < 4.78 is 25.2. The van der Waals surface area contributed by atoms with Gasteiger partial charge in [-0.3, -0.25) is 0 Å². The van der Waals surface area contributed by atoms with Crippen LogP contribution in [0, 0.1) is 13.8 Å².